The van der Waals surface area contributed by atoms with Crippen LogP contribution in [0.4, 0.5) is 0 Å². The SMILES string of the molecule is CO[Si](C)(CCC#N)CCC#N. The van der Waals surface area contributed by atoms with E-state index in [0.29, 0.717) is 12.8 Å². The first kappa shape index (κ1) is 11.2. The molecule has 0 aliphatic rings. The first-order valence-electron chi connectivity index (χ1n) is 3.97. The lowest BCUT2D eigenvalue weighted by molar-refractivity contribution is 0.396. The highest BCUT2D eigenvalue weighted by atomic mass is 28.4. The second kappa shape index (κ2) is 5.76. The fourth-order valence-corrected chi connectivity index (χ4v) is 2.91. The van der Waals surface area contributed by atoms with Crippen LogP contribution in [-0.2, 0) is 4.43 Å². The van der Waals surface area contributed by atoms with Gasteiger partial charge in [0.1, 0.15) is 0 Å². The maximum absolute atomic E-state index is 8.40. The summed E-state index contributed by atoms with van der Waals surface area (Å²) in [7, 11) is -0.0288. The zero-order chi connectivity index (χ0) is 9.45. The Kier molecular flexibility index (Phi) is 5.36. The Morgan fingerprint density at radius 2 is 1.58 bits per heavy atom. The summed E-state index contributed by atoms with van der Waals surface area (Å²) in [5.74, 6) is 0. The van der Waals surface area contributed by atoms with Crippen LogP contribution in [0.5, 0.6) is 0 Å². The van der Waals surface area contributed by atoms with E-state index < -0.39 is 8.32 Å². The molecule has 0 radical (unpaired) electrons. The Hall–Kier alpha value is -0.843. The average molecular weight is 182 g/mol. The third-order valence-electron chi connectivity index (χ3n) is 2.02. The molecule has 0 aromatic carbocycles. The third kappa shape index (κ3) is 4.12. The standard InChI is InChI=1S/C8H14N2OSi/c1-11-12(2,7-3-5-9)8-4-6-10/h3-4,7-8H2,1-2H3. The van der Waals surface area contributed by atoms with Gasteiger partial charge < -0.3 is 4.43 Å². The Balaban J connectivity index is 3.90. The maximum Gasteiger partial charge on any atom is 0.191 e. The summed E-state index contributed by atoms with van der Waals surface area (Å²) in [5.41, 5.74) is 0. The molecule has 3 nitrogen and oxygen atoms in total. The zero-order valence-electron chi connectivity index (χ0n) is 7.63. The lowest BCUT2D eigenvalue weighted by Crippen LogP contribution is -2.32. The van der Waals surface area contributed by atoms with Crippen LogP contribution in [0.15, 0.2) is 0 Å². The number of nitriles is 2. The molecule has 66 valence electrons. The van der Waals surface area contributed by atoms with Crippen molar-refractivity contribution in [2.45, 2.75) is 31.5 Å². The minimum Gasteiger partial charge on any atom is -0.420 e. The molecule has 0 unspecified atom stereocenters. The van der Waals surface area contributed by atoms with Crippen molar-refractivity contribution in [3.63, 3.8) is 0 Å². The van der Waals surface area contributed by atoms with Crippen LogP contribution in [0.1, 0.15) is 12.8 Å². The summed E-state index contributed by atoms with van der Waals surface area (Å²) < 4.78 is 5.38. The Labute approximate surface area is 74.7 Å². The highest BCUT2D eigenvalue weighted by Gasteiger charge is 2.26. The van der Waals surface area contributed by atoms with Gasteiger partial charge in [-0.1, -0.05) is 0 Å². The largest absolute Gasteiger partial charge is 0.420 e. The first-order chi connectivity index (χ1) is 5.68. The van der Waals surface area contributed by atoms with Crippen molar-refractivity contribution in [3.8, 4) is 12.1 Å². The Morgan fingerprint density at radius 3 is 1.83 bits per heavy atom. The lowest BCUT2D eigenvalue weighted by Gasteiger charge is -2.22. The summed E-state index contributed by atoms with van der Waals surface area (Å²) in [6.07, 6.45) is 1.09. The van der Waals surface area contributed by atoms with Gasteiger partial charge in [-0.15, -0.1) is 0 Å². The number of nitrogens with zero attached hydrogens (tertiary/aromatic N) is 2. The van der Waals surface area contributed by atoms with Crippen molar-refractivity contribution in [1.29, 1.82) is 10.5 Å². The molecule has 0 aliphatic carbocycles. The van der Waals surface area contributed by atoms with Gasteiger partial charge in [0, 0.05) is 20.0 Å². The highest BCUT2D eigenvalue weighted by molar-refractivity contribution is 6.72. The smallest absolute Gasteiger partial charge is 0.191 e. The van der Waals surface area contributed by atoms with Crippen LogP contribution in [0.2, 0.25) is 18.6 Å². The highest BCUT2D eigenvalue weighted by Crippen LogP contribution is 2.19. The van der Waals surface area contributed by atoms with Crippen LogP contribution < -0.4 is 0 Å². The minimum atomic E-state index is -1.71. The molecule has 0 saturated carbocycles. The summed E-state index contributed by atoms with van der Waals surface area (Å²) in [5, 5.41) is 16.8. The van der Waals surface area contributed by atoms with E-state index in [2.05, 4.69) is 18.7 Å². The second-order valence-electron chi connectivity index (χ2n) is 2.97. The molecule has 0 bridgehead atoms. The molecule has 0 saturated heterocycles. The van der Waals surface area contributed by atoms with E-state index in [1.165, 1.54) is 0 Å². The number of hydrogen-bond donors (Lipinski definition) is 0. The fraction of sp³-hybridized carbons (Fsp3) is 0.750. The van der Waals surface area contributed by atoms with E-state index in [1.54, 1.807) is 7.11 Å². The van der Waals surface area contributed by atoms with Gasteiger partial charge in [-0.2, -0.15) is 10.5 Å². The van der Waals surface area contributed by atoms with Gasteiger partial charge in [-0.25, -0.2) is 0 Å². The molecule has 0 aromatic heterocycles. The van der Waals surface area contributed by atoms with E-state index in [-0.39, 0.29) is 0 Å². The monoisotopic (exact) mass is 182 g/mol. The van der Waals surface area contributed by atoms with E-state index in [4.69, 9.17) is 14.9 Å². The van der Waals surface area contributed by atoms with E-state index in [0.717, 1.165) is 12.1 Å². The van der Waals surface area contributed by atoms with E-state index >= 15 is 0 Å². The molecule has 0 atom stereocenters. The van der Waals surface area contributed by atoms with Crippen molar-refractivity contribution >= 4 is 8.32 Å². The number of hydrogen-bond acceptors (Lipinski definition) is 3. The minimum absolute atomic E-state index is 0.544. The molecule has 12 heavy (non-hydrogen) atoms. The average Bonchev–Trinajstić information content (AvgIpc) is 2.11. The van der Waals surface area contributed by atoms with E-state index in [1.807, 2.05) is 0 Å². The molecule has 0 spiro atoms. The predicted molar refractivity (Wildman–Crippen MR) is 48.7 cm³/mol. The van der Waals surface area contributed by atoms with E-state index in [9.17, 15) is 0 Å². The maximum atomic E-state index is 8.40. The van der Waals surface area contributed by atoms with Gasteiger partial charge in [-0.05, 0) is 18.6 Å². The van der Waals surface area contributed by atoms with Crippen LogP contribution in [0, 0.1) is 22.7 Å². The van der Waals surface area contributed by atoms with Gasteiger partial charge in [-0.3, -0.25) is 0 Å². The fourth-order valence-electron chi connectivity index (χ4n) is 0.970. The summed E-state index contributed by atoms with van der Waals surface area (Å²) in [6.45, 7) is 2.07. The molecular formula is C8H14N2OSi. The van der Waals surface area contributed by atoms with Crippen molar-refractivity contribution < 1.29 is 4.43 Å². The van der Waals surface area contributed by atoms with Gasteiger partial charge >= 0.3 is 0 Å². The first-order valence-corrected chi connectivity index (χ1v) is 6.80. The molecule has 4 heteroatoms. The summed E-state index contributed by atoms with van der Waals surface area (Å²) in [4.78, 5) is 0. The molecule has 0 heterocycles. The lowest BCUT2D eigenvalue weighted by atomic mass is 10.5. The number of rotatable bonds is 5. The van der Waals surface area contributed by atoms with Crippen LogP contribution >= 0.6 is 0 Å². The van der Waals surface area contributed by atoms with Crippen molar-refractivity contribution in [2.24, 2.45) is 0 Å². The van der Waals surface area contributed by atoms with Gasteiger partial charge in [0.15, 0.2) is 8.32 Å². The van der Waals surface area contributed by atoms with Crippen LogP contribution in [0.3, 0.4) is 0 Å². The topological polar surface area (TPSA) is 56.8 Å². The summed E-state index contributed by atoms with van der Waals surface area (Å²) in [6, 6.07) is 5.88. The molecule has 0 rings (SSSR count). The quantitative estimate of drug-likeness (QED) is 0.611. The second-order valence-corrected chi connectivity index (χ2v) is 7.28. The van der Waals surface area contributed by atoms with Gasteiger partial charge in [0.2, 0.25) is 0 Å². The molecule has 0 fully saturated rings. The van der Waals surface area contributed by atoms with Crippen molar-refractivity contribution in [3.05, 3.63) is 0 Å². The van der Waals surface area contributed by atoms with Gasteiger partial charge in [0.05, 0.1) is 12.1 Å². The van der Waals surface area contributed by atoms with Crippen molar-refractivity contribution in [2.75, 3.05) is 7.11 Å². The van der Waals surface area contributed by atoms with Crippen LogP contribution in [0.25, 0.3) is 0 Å². The molecule has 0 N–H and O–H groups in total. The molecular weight excluding hydrogens is 168 g/mol. The zero-order valence-corrected chi connectivity index (χ0v) is 8.63. The Bertz CT molecular complexity index is 186. The third-order valence-corrected chi connectivity index (χ3v) is 5.63. The molecule has 0 amide bonds. The van der Waals surface area contributed by atoms with Crippen molar-refractivity contribution in [1.82, 2.24) is 0 Å². The normalized spacial score (nSPS) is 10.3. The van der Waals surface area contributed by atoms with Crippen LogP contribution in [-0.4, -0.2) is 15.4 Å². The van der Waals surface area contributed by atoms with Gasteiger partial charge in [0.25, 0.3) is 0 Å². The predicted octanol–water partition coefficient (Wildman–Crippen LogP) is 2.04. The summed E-state index contributed by atoms with van der Waals surface area (Å²) >= 11 is 0. The molecule has 0 aromatic rings. The molecule has 0 aliphatic heterocycles. The Morgan fingerprint density at radius 1 is 1.17 bits per heavy atom.